The van der Waals surface area contributed by atoms with Gasteiger partial charge in [0, 0.05) is 39.1 Å². The maximum atomic E-state index is 9.55. The van der Waals surface area contributed by atoms with Crippen LogP contribution < -0.4 is 4.74 Å². The highest BCUT2D eigenvalue weighted by molar-refractivity contribution is 7.99. The van der Waals surface area contributed by atoms with Gasteiger partial charge in [0.25, 0.3) is 0 Å². The fourth-order valence-corrected chi connectivity index (χ4v) is 4.82. The first-order valence-corrected chi connectivity index (χ1v) is 12.7. The van der Waals surface area contributed by atoms with Crippen LogP contribution in [0, 0.1) is 0 Å². The molecule has 0 aliphatic carbocycles. The van der Waals surface area contributed by atoms with E-state index in [9.17, 15) is 9.59 Å². The first kappa shape index (κ1) is 28.1. The normalized spacial score (nSPS) is 13.0. The van der Waals surface area contributed by atoms with Gasteiger partial charge in [-0.05, 0) is 67.5 Å². The van der Waals surface area contributed by atoms with E-state index in [-0.39, 0.29) is 0 Å². The van der Waals surface area contributed by atoms with Crippen molar-refractivity contribution in [3.63, 3.8) is 0 Å². The number of hydrogen-bond acceptors (Lipinski definition) is 5. The molecular formula is C29H28ClNO5S. The summed E-state index contributed by atoms with van der Waals surface area (Å²) >= 11 is 8.10. The largest absolute Gasteiger partial charge is 0.489 e. The summed E-state index contributed by atoms with van der Waals surface area (Å²) in [4.78, 5) is 23.9. The number of fused-ring (bicyclic) bond motifs is 2. The standard InChI is InChI=1S/C25H24ClNOS.C4H4O4/c1-27(2)15-7-10-20-21-9-4-6-12-24(21)29-25-14-13-19(16-22(20)25)28-17-18-8-3-5-11-23(18)26;5-3(6)1-2-4(7)8/h3-6,8-14,16H,7,15,17H2,1-2H3;1-2H,(H,5,6)(H,7,8)/b20-10+;2-1+. The molecule has 1 aliphatic rings. The van der Waals surface area contributed by atoms with Gasteiger partial charge < -0.3 is 19.8 Å². The van der Waals surface area contributed by atoms with Gasteiger partial charge in [-0.3, -0.25) is 0 Å². The van der Waals surface area contributed by atoms with E-state index in [0.717, 1.165) is 29.3 Å². The van der Waals surface area contributed by atoms with Crippen LogP contribution in [0.15, 0.2) is 94.7 Å². The molecule has 0 atom stereocenters. The topological polar surface area (TPSA) is 87.1 Å². The van der Waals surface area contributed by atoms with E-state index in [2.05, 4.69) is 61.5 Å². The van der Waals surface area contributed by atoms with E-state index in [0.29, 0.717) is 18.8 Å². The van der Waals surface area contributed by atoms with Crippen molar-refractivity contribution in [2.45, 2.75) is 22.8 Å². The Hall–Kier alpha value is -3.52. The maximum Gasteiger partial charge on any atom is 0.328 e. The van der Waals surface area contributed by atoms with Crippen molar-refractivity contribution >= 4 is 40.9 Å². The molecule has 1 heterocycles. The summed E-state index contributed by atoms with van der Waals surface area (Å²) in [5, 5.41) is 16.4. The third kappa shape index (κ3) is 8.53. The summed E-state index contributed by atoms with van der Waals surface area (Å²) in [7, 11) is 4.22. The lowest BCUT2D eigenvalue weighted by atomic mass is 9.96. The molecule has 0 saturated carbocycles. The minimum atomic E-state index is -1.26. The van der Waals surface area contributed by atoms with Crippen molar-refractivity contribution in [2.24, 2.45) is 0 Å². The summed E-state index contributed by atoms with van der Waals surface area (Å²) < 4.78 is 6.09. The highest BCUT2D eigenvalue weighted by Gasteiger charge is 2.21. The van der Waals surface area contributed by atoms with E-state index < -0.39 is 11.9 Å². The molecule has 0 bridgehead atoms. The van der Waals surface area contributed by atoms with Crippen molar-refractivity contribution in [1.82, 2.24) is 4.90 Å². The van der Waals surface area contributed by atoms with Gasteiger partial charge in [0.15, 0.2) is 0 Å². The predicted octanol–water partition coefficient (Wildman–Crippen LogP) is 6.48. The number of aliphatic carboxylic acids is 2. The van der Waals surface area contributed by atoms with Crippen molar-refractivity contribution in [1.29, 1.82) is 0 Å². The monoisotopic (exact) mass is 537 g/mol. The van der Waals surface area contributed by atoms with E-state index in [1.807, 2.05) is 42.1 Å². The van der Waals surface area contributed by atoms with Crippen LogP contribution in [0.2, 0.25) is 5.02 Å². The van der Waals surface area contributed by atoms with Crippen molar-refractivity contribution in [3.8, 4) is 5.75 Å². The number of halogens is 1. The zero-order chi connectivity index (χ0) is 26.8. The van der Waals surface area contributed by atoms with Gasteiger partial charge in [-0.15, -0.1) is 0 Å². The molecule has 0 unspecified atom stereocenters. The van der Waals surface area contributed by atoms with Gasteiger partial charge in [0.1, 0.15) is 12.4 Å². The maximum absolute atomic E-state index is 9.55. The molecule has 3 aromatic carbocycles. The van der Waals surface area contributed by atoms with Crippen LogP contribution in [0.25, 0.3) is 5.57 Å². The van der Waals surface area contributed by atoms with Crippen molar-refractivity contribution in [3.05, 3.63) is 107 Å². The second-order valence-electron chi connectivity index (χ2n) is 8.36. The second kappa shape index (κ2) is 13.7. The van der Waals surface area contributed by atoms with Crippen LogP contribution >= 0.6 is 23.4 Å². The smallest absolute Gasteiger partial charge is 0.328 e. The summed E-state index contributed by atoms with van der Waals surface area (Å²) in [6, 6.07) is 22.8. The Bertz CT molecular complexity index is 1300. The first-order valence-electron chi connectivity index (χ1n) is 11.5. The second-order valence-corrected chi connectivity index (χ2v) is 9.85. The number of carboxylic acid groups (broad SMARTS) is 2. The average molecular weight is 538 g/mol. The Morgan fingerprint density at radius 3 is 2.24 bits per heavy atom. The zero-order valence-electron chi connectivity index (χ0n) is 20.6. The molecule has 0 fully saturated rings. The van der Waals surface area contributed by atoms with Crippen LogP contribution in [0.3, 0.4) is 0 Å². The fraction of sp³-hybridized carbons (Fsp3) is 0.172. The van der Waals surface area contributed by atoms with Crippen molar-refractivity contribution in [2.75, 3.05) is 20.6 Å². The van der Waals surface area contributed by atoms with Crippen LogP contribution in [0.1, 0.15) is 23.1 Å². The number of nitrogens with zero attached hydrogens (tertiary/aromatic N) is 1. The predicted molar refractivity (Wildman–Crippen MR) is 147 cm³/mol. The Morgan fingerprint density at radius 2 is 1.57 bits per heavy atom. The highest BCUT2D eigenvalue weighted by atomic mass is 35.5. The average Bonchev–Trinajstić information content (AvgIpc) is 2.87. The molecule has 8 heteroatoms. The molecule has 4 rings (SSSR count). The third-order valence-electron chi connectivity index (χ3n) is 5.28. The number of benzene rings is 3. The Balaban J connectivity index is 0.000000414. The van der Waals surface area contributed by atoms with Gasteiger partial charge in [-0.1, -0.05) is 65.8 Å². The van der Waals surface area contributed by atoms with Crippen LogP contribution in [-0.2, 0) is 16.2 Å². The number of carboxylic acids is 2. The van der Waals surface area contributed by atoms with Gasteiger partial charge in [-0.25, -0.2) is 9.59 Å². The lowest BCUT2D eigenvalue weighted by Crippen LogP contribution is -2.12. The first-order chi connectivity index (χ1) is 17.7. The lowest BCUT2D eigenvalue weighted by molar-refractivity contribution is -0.134. The fourth-order valence-electron chi connectivity index (χ4n) is 3.55. The minimum absolute atomic E-state index is 0.460. The van der Waals surface area contributed by atoms with E-state index in [1.165, 1.54) is 26.5 Å². The molecule has 1 aliphatic heterocycles. The van der Waals surface area contributed by atoms with E-state index in [4.69, 9.17) is 26.6 Å². The van der Waals surface area contributed by atoms with Gasteiger partial charge in [0.05, 0.1) is 0 Å². The van der Waals surface area contributed by atoms with Gasteiger partial charge >= 0.3 is 11.9 Å². The molecule has 0 spiro atoms. The molecule has 0 amide bonds. The quantitative estimate of drug-likeness (QED) is 0.249. The molecule has 3 aromatic rings. The summed E-state index contributed by atoms with van der Waals surface area (Å²) in [5.41, 5.74) is 4.82. The molecule has 6 nitrogen and oxygen atoms in total. The molecular weight excluding hydrogens is 510 g/mol. The van der Waals surface area contributed by atoms with Crippen LogP contribution in [0.4, 0.5) is 0 Å². The number of hydrogen-bond donors (Lipinski definition) is 2. The van der Waals surface area contributed by atoms with Crippen molar-refractivity contribution < 1.29 is 24.5 Å². The number of carbonyl (C=O) groups is 2. The Labute approximate surface area is 225 Å². The molecule has 192 valence electrons. The van der Waals surface area contributed by atoms with E-state index >= 15 is 0 Å². The Kier molecular flexibility index (Phi) is 10.4. The molecule has 37 heavy (non-hydrogen) atoms. The summed E-state index contributed by atoms with van der Waals surface area (Å²) in [6.45, 7) is 1.48. The molecule has 0 saturated heterocycles. The van der Waals surface area contributed by atoms with E-state index in [1.54, 1.807) is 0 Å². The lowest BCUT2D eigenvalue weighted by Gasteiger charge is -2.23. The minimum Gasteiger partial charge on any atom is -0.489 e. The van der Waals surface area contributed by atoms with Crippen LogP contribution in [0.5, 0.6) is 5.75 Å². The summed E-state index contributed by atoms with van der Waals surface area (Å²) in [5.74, 6) is -1.65. The van der Waals surface area contributed by atoms with Gasteiger partial charge in [-0.2, -0.15) is 0 Å². The number of rotatable bonds is 8. The molecule has 0 aromatic heterocycles. The Morgan fingerprint density at radius 1 is 0.919 bits per heavy atom. The van der Waals surface area contributed by atoms with Gasteiger partial charge in [0.2, 0.25) is 0 Å². The SMILES string of the molecule is CN(C)CC/C=C1\c2ccccc2Sc2ccc(OCc3ccccc3Cl)cc21.O=C(O)/C=C/C(=O)O. The van der Waals surface area contributed by atoms with Crippen LogP contribution in [-0.4, -0.2) is 47.7 Å². The number of ether oxygens (including phenoxy) is 1. The third-order valence-corrected chi connectivity index (χ3v) is 6.80. The highest BCUT2D eigenvalue weighted by Crippen LogP contribution is 2.46. The zero-order valence-corrected chi connectivity index (χ0v) is 22.1. The molecule has 0 radical (unpaired) electrons. The summed E-state index contributed by atoms with van der Waals surface area (Å²) in [6.07, 6.45) is 4.48. The molecule has 2 N–H and O–H groups in total.